The third-order valence-electron chi connectivity index (χ3n) is 5.95. The molecule has 3 heteroatoms. The van der Waals surface area contributed by atoms with Gasteiger partial charge >= 0.3 is 0 Å². The van der Waals surface area contributed by atoms with Crippen LogP contribution in [0.5, 0.6) is 0 Å². The van der Waals surface area contributed by atoms with Crippen molar-refractivity contribution in [1.82, 2.24) is 9.55 Å². The number of hydrogen-bond donors (Lipinski definition) is 1. The monoisotopic (exact) mass is 388 g/mol. The average Bonchev–Trinajstić information content (AvgIpc) is 3.40. The highest BCUT2D eigenvalue weighted by Crippen LogP contribution is 2.46. The van der Waals surface area contributed by atoms with E-state index in [0.29, 0.717) is 0 Å². The van der Waals surface area contributed by atoms with Gasteiger partial charge in [-0.05, 0) is 23.6 Å². The maximum atomic E-state index is 3.64. The van der Waals surface area contributed by atoms with E-state index in [0.717, 1.165) is 0 Å². The van der Waals surface area contributed by atoms with Crippen LogP contribution in [0.1, 0.15) is 0 Å². The highest BCUT2D eigenvalue weighted by atomic mass is 32.1. The number of rotatable bonds is 1. The fourth-order valence-electron chi connectivity index (χ4n) is 4.73. The molecule has 7 aromatic rings. The smallest absolute Gasteiger partial charge is 0.111 e. The van der Waals surface area contributed by atoms with Crippen LogP contribution in [0.25, 0.3) is 58.7 Å². The second-order valence-corrected chi connectivity index (χ2v) is 8.51. The van der Waals surface area contributed by atoms with Crippen molar-refractivity contribution in [1.29, 1.82) is 0 Å². The number of aromatic amines is 1. The van der Waals surface area contributed by atoms with E-state index in [1.807, 2.05) is 11.3 Å². The van der Waals surface area contributed by atoms with Crippen molar-refractivity contribution in [2.24, 2.45) is 0 Å². The summed E-state index contributed by atoms with van der Waals surface area (Å²) in [4.78, 5) is 6.19. The Kier molecular flexibility index (Phi) is 2.91. The van der Waals surface area contributed by atoms with Gasteiger partial charge in [0, 0.05) is 38.1 Å². The lowest BCUT2D eigenvalue weighted by atomic mass is 10.0. The van der Waals surface area contributed by atoms with Crippen molar-refractivity contribution < 1.29 is 0 Å². The summed E-state index contributed by atoms with van der Waals surface area (Å²) < 4.78 is 2.44. The maximum Gasteiger partial charge on any atom is 0.111 e. The number of H-pyrrole nitrogens is 1. The second kappa shape index (κ2) is 5.49. The number of para-hydroxylation sites is 2. The summed E-state index contributed by atoms with van der Waals surface area (Å²) in [6.45, 7) is 0. The molecule has 0 aliphatic rings. The van der Waals surface area contributed by atoms with Crippen molar-refractivity contribution in [3.05, 3.63) is 91.0 Å². The molecular formula is C26H16N2S. The van der Waals surface area contributed by atoms with Gasteiger partial charge in [0.1, 0.15) is 9.66 Å². The molecule has 7 rings (SSSR count). The van der Waals surface area contributed by atoms with Crippen LogP contribution in [0.4, 0.5) is 0 Å². The molecule has 0 spiro atoms. The van der Waals surface area contributed by atoms with Gasteiger partial charge in [0.05, 0.1) is 5.52 Å². The van der Waals surface area contributed by atoms with Gasteiger partial charge in [0.2, 0.25) is 0 Å². The minimum atomic E-state index is 1.21. The molecule has 2 nitrogen and oxygen atoms in total. The molecule has 0 atom stereocenters. The Balaban J connectivity index is 1.81. The fourth-order valence-corrected chi connectivity index (χ4v) is 6.00. The molecule has 29 heavy (non-hydrogen) atoms. The van der Waals surface area contributed by atoms with E-state index in [4.69, 9.17) is 0 Å². The summed E-state index contributed by atoms with van der Waals surface area (Å²) in [5.74, 6) is 0. The first kappa shape index (κ1) is 15.4. The van der Waals surface area contributed by atoms with E-state index < -0.39 is 0 Å². The third-order valence-corrected chi connectivity index (χ3v) is 7.04. The first-order chi connectivity index (χ1) is 14.4. The van der Waals surface area contributed by atoms with Gasteiger partial charge in [0.25, 0.3) is 0 Å². The Bertz CT molecular complexity index is 1700. The molecular weight excluding hydrogens is 372 g/mol. The molecule has 0 saturated carbocycles. The van der Waals surface area contributed by atoms with E-state index in [9.17, 15) is 0 Å². The predicted molar refractivity (Wildman–Crippen MR) is 126 cm³/mol. The summed E-state index contributed by atoms with van der Waals surface area (Å²) in [6, 6.07) is 32.6. The van der Waals surface area contributed by atoms with E-state index in [1.54, 1.807) is 0 Å². The predicted octanol–water partition coefficient (Wildman–Crippen LogP) is 7.63. The second-order valence-electron chi connectivity index (χ2n) is 7.51. The van der Waals surface area contributed by atoms with E-state index in [-0.39, 0.29) is 0 Å². The van der Waals surface area contributed by atoms with Crippen molar-refractivity contribution in [3.8, 4) is 5.69 Å². The van der Waals surface area contributed by atoms with Gasteiger partial charge in [-0.3, -0.25) is 0 Å². The molecule has 1 N–H and O–H groups in total. The van der Waals surface area contributed by atoms with Crippen molar-refractivity contribution in [3.63, 3.8) is 0 Å². The van der Waals surface area contributed by atoms with Crippen LogP contribution in [0, 0.1) is 0 Å². The third kappa shape index (κ3) is 1.95. The molecule has 0 aliphatic heterocycles. The number of thiophene rings is 1. The Morgan fingerprint density at radius 1 is 0.621 bits per heavy atom. The molecule has 0 unspecified atom stereocenters. The van der Waals surface area contributed by atoms with Gasteiger partial charge in [0.15, 0.2) is 0 Å². The Morgan fingerprint density at radius 3 is 2.28 bits per heavy atom. The molecule has 4 aromatic carbocycles. The van der Waals surface area contributed by atoms with Crippen LogP contribution in [-0.2, 0) is 0 Å². The van der Waals surface area contributed by atoms with Crippen LogP contribution in [0.2, 0.25) is 0 Å². The van der Waals surface area contributed by atoms with Crippen LogP contribution >= 0.6 is 11.3 Å². The number of benzene rings is 4. The molecule has 136 valence electrons. The Labute approximate surface area is 170 Å². The molecule has 0 fully saturated rings. The number of nitrogens with one attached hydrogen (secondary N) is 1. The standard InChI is InChI=1S/C26H16N2S/c1-2-9-17(10-3-1)28-24-18-11-5-4-8-16(18)14-15-20(24)23-22-19-12-6-7-13-21(19)27-25(22)29-26(23)28/h1-15,27H. The summed E-state index contributed by atoms with van der Waals surface area (Å²) >= 11 is 1.85. The highest BCUT2D eigenvalue weighted by molar-refractivity contribution is 7.25. The number of fused-ring (bicyclic) bond motifs is 9. The number of hydrogen-bond acceptors (Lipinski definition) is 1. The van der Waals surface area contributed by atoms with E-state index >= 15 is 0 Å². The van der Waals surface area contributed by atoms with E-state index in [2.05, 4.69) is 101 Å². The largest absolute Gasteiger partial charge is 0.346 e. The molecule has 0 radical (unpaired) electrons. The SMILES string of the molecule is c1ccc(-n2c3sc4[nH]c5ccccc5c4c3c3ccc4ccccc4c32)cc1. The summed E-state index contributed by atoms with van der Waals surface area (Å²) in [5, 5.41) is 7.89. The van der Waals surface area contributed by atoms with Gasteiger partial charge in [-0.15, -0.1) is 0 Å². The lowest BCUT2D eigenvalue weighted by Gasteiger charge is -2.08. The van der Waals surface area contributed by atoms with Crippen molar-refractivity contribution >= 4 is 64.3 Å². The van der Waals surface area contributed by atoms with Gasteiger partial charge in [-0.1, -0.05) is 84.1 Å². The van der Waals surface area contributed by atoms with Gasteiger partial charge in [-0.25, -0.2) is 0 Å². The normalized spacial score (nSPS) is 12.1. The highest BCUT2D eigenvalue weighted by Gasteiger charge is 2.21. The first-order valence-corrected chi connectivity index (χ1v) is 10.6. The topological polar surface area (TPSA) is 20.7 Å². The number of nitrogens with zero attached hydrogens (tertiary/aromatic N) is 1. The summed E-state index contributed by atoms with van der Waals surface area (Å²) in [5.41, 5.74) is 3.71. The van der Waals surface area contributed by atoms with Crippen LogP contribution in [-0.4, -0.2) is 9.55 Å². The number of aromatic nitrogens is 2. The fraction of sp³-hybridized carbons (Fsp3) is 0. The zero-order chi connectivity index (χ0) is 18.9. The minimum absolute atomic E-state index is 1.21. The lowest BCUT2D eigenvalue weighted by Crippen LogP contribution is -1.92. The molecule has 0 aliphatic carbocycles. The molecule has 0 amide bonds. The van der Waals surface area contributed by atoms with Crippen LogP contribution in [0.15, 0.2) is 91.0 Å². The van der Waals surface area contributed by atoms with Gasteiger partial charge in [-0.2, -0.15) is 0 Å². The van der Waals surface area contributed by atoms with Gasteiger partial charge < -0.3 is 9.55 Å². The first-order valence-electron chi connectivity index (χ1n) is 9.81. The van der Waals surface area contributed by atoms with Crippen molar-refractivity contribution in [2.45, 2.75) is 0 Å². The van der Waals surface area contributed by atoms with Crippen LogP contribution < -0.4 is 0 Å². The quantitative estimate of drug-likeness (QED) is 0.298. The Morgan fingerprint density at radius 2 is 1.38 bits per heavy atom. The summed E-state index contributed by atoms with van der Waals surface area (Å²) in [7, 11) is 0. The molecule has 0 saturated heterocycles. The molecule has 3 heterocycles. The average molecular weight is 388 g/mol. The minimum Gasteiger partial charge on any atom is -0.346 e. The van der Waals surface area contributed by atoms with E-state index in [1.165, 1.54) is 58.7 Å². The zero-order valence-electron chi connectivity index (χ0n) is 15.5. The Hall–Kier alpha value is -3.56. The van der Waals surface area contributed by atoms with Crippen molar-refractivity contribution in [2.75, 3.05) is 0 Å². The zero-order valence-corrected chi connectivity index (χ0v) is 16.3. The molecule has 3 aromatic heterocycles. The lowest BCUT2D eigenvalue weighted by molar-refractivity contribution is 1.20. The van der Waals surface area contributed by atoms with Crippen LogP contribution in [0.3, 0.4) is 0 Å². The maximum absolute atomic E-state index is 3.64. The summed E-state index contributed by atoms with van der Waals surface area (Å²) in [6.07, 6.45) is 0. The molecule has 0 bridgehead atoms.